The Bertz CT molecular complexity index is 769. The number of rotatable bonds is 6. The number of benzene rings is 2. The van der Waals surface area contributed by atoms with E-state index < -0.39 is 24.5 Å². The lowest BCUT2D eigenvalue weighted by Gasteiger charge is -2.10. The van der Waals surface area contributed by atoms with Crippen molar-refractivity contribution in [3.63, 3.8) is 0 Å². The summed E-state index contributed by atoms with van der Waals surface area (Å²) in [6.07, 6.45) is -0.0215. The monoisotopic (exact) mass is 343 g/mol. The Balaban J connectivity index is 1.87. The summed E-state index contributed by atoms with van der Waals surface area (Å²) in [5, 5.41) is 11.7. The van der Waals surface area contributed by atoms with Crippen LogP contribution in [0.4, 0.5) is 5.69 Å². The van der Waals surface area contributed by atoms with Crippen LogP contribution in [-0.4, -0.2) is 36.7 Å². The third kappa shape index (κ3) is 5.35. The summed E-state index contributed by atoms with van der Waals surface area (Å²) in [6, 6.07) is 12.4. The second-order valence-corrected chi connectivity index (χ2v) is 5.09. The van der Waals surface area contributed by atoms with Gasteiger partial charge in [-0.25, -0.2) is 4.79 Å². The van der Waals surface area contributed by atoms with Crippen molar-refractivity contribution in [3.05, 3.63) is 59.7 Å². The quantitative estimate of drug-likeness (QED) is 0.777. The Morgan fingerprint density at radius 3 is 2.40 bits per heavy atom. The van der Waals surface area contributed by atoms with E-state index in [0.717, 1.165) is 0 Å². The second-order valence-electron chi connectivity index (χ2n) is 5.09. The summed E-state index contributed by atoms with van der Waals surface area (Å²) in [7, 11) is 1.24. The number of phenols is 1. The predicted octanol–water partition coefficient (Wildman–Crippen LogP) is 1.90. The smallest absolute Gasteiger partial charge is 0.339 e. The number of para-hydroxylation sites is 1. The lowest BCUT2D eigenvalue weighted by molar-refractivity contribution is -0.146. The van der Waals surface area contributed by atoms with E-state index in [1.165, 1.54) is 25.3 Å². The third-order valence-electron chi connectivity index (χ3n) is 3.26. The summed E-state index contributed by atoms with van der Waals surface area (Å²) in [5.74, 6) is -1.64. The van der Waals surface area contributed by atoms with E-state index in [-0.39, 0.29) is 23.4 Å². The molecule has 0 bridgehead atoms. The fourth-order valence-corrected chi connectivity index (χ4v) is 2.04. The minimum atomic E-state index is -0.583. The van der Waals surface area contributed by atoms with Gasteiger partial charge >= 0.3 is 11.9 Å². The molecule has 1 amide bonds. The maximum Gasteiger partial charge on any atom is 0.339 e. The van der Waals surface area contributed by atoms with Crippen molar-refractivity contribution >= 4 is 23.5 Å². The minimum absolute atomic E-state index is 0.0215. The fraction of sp³-hybridized carbons (Fsp3) is 0.167. The molecule has 2 aromatic carbocycles. The second kappa shape index (κ2) is 8.49. The van der Waals surface area contributed by atoms with Gasteiger partial charge in [-0.15, -0.1) is 0 Å². The lowest BCUT2D eigenvalue weighted by Crippen LogP contribution is -2.22. The predicted molar refractivity (Wildman–Crippen MR) is 89.2 cm³/mol. The topological polar surface area (TPSA) is 102 Å². The van der Waals surface area contributed by atoms with E-state index >= 15 is 0 Å². The SMILES string of the molecule is COC(=O)c1ccccc1NC(=O)COC(=O)Cc1ccc(O)cc1. The number of anilines is 1. The van der Waals surface area contributed by atoms with Crippen LogP contribution in [-0.2, 0) is 25.5 Å². The minimum Gasteiger partial charge on any atom is -0.508 e. The third-order valence-corrected chi connectivity index (χ3v) is 3.26. The van der Waals surface area contributed by atoms with Crippen molar-refractivity contribution in [1.82, 2.24) is 0 Å². The van der Waals surface area contributed by atoms with E-state index in [1.807, 2.05) is 0 Å². The molecule has 0 saturated carbocycles. The van der Waals surface area contributed by atoms with Gasteiger partial charge in [0.1, 0.15) is 5.75 Å². The van der Waals surface area contributed by atoms with Crippen LogP contribution in [0.1, 0.15) is 15.9 Å². The summed E-state index contributed by atoms with van der Waals surface area (Å²) in [6.45, 7) is -0.480. The van der Waals surface area contributed by atoms with Gasteiger partial charge in [-0.1, -0.05) is 24.3 Å². The van der Waals surface area contributed by atoms with Gasteiger partial charge in [-0.2, -0.15) is 0 Å². The van der Waals surface area contributed by atoms with Crippen LogP contribution in [0.5, 0.6) is 5.75 Å². The molecule has 0 unspecified atom stereocenters. The molecular weight excluding hydrogens is 326 g/mol. The van der Waals surface area contributed by atoms with Gasteiger partial charge < -0.3 is 19.9 Å². The van der Waals surface area contributed by atoms with Gasteiger partial charge in [-0.3, -0.25) is 9.59 Å². The number of methoxy groups -OCH3 is 1. The summed E-state index contributed by atoms with van der Waals surface area (Å²) in [5.41, 5.74) is 1.13. The molecule has 2 N–H and O–H groups in total. The van der Waals surface area contributed by atoms with Crippen molar-refractivity contribution in [3.8, 4) is 5.75 Å². The first-order chi connectivity index (χ1) is 12.0. The Morgan fingerprint density at radius 1 is 1.04 bits per heavy atom. The highest BCUT2D eigenvalue weighted by molar-refractivity contribution is 6.01. The molecule has 25 heavy (non-hydrogen) atoms. The van der Waals surface area contributed by atoms with Crippen LogP contribution < -0.4 is 5.32 Å². The normalized spacial score (nSPS) is 9.96. The zero-order valence-corrected chi connectivity index (χ0v) is 13.5. The van der Waals surface area contributed by atoms with Crippen molar-refractivity contribution in [2.24, 2.45) is 0 Å². The number of hydrogen-bond acceptors (Lipinski definition) is 6. The first kappa shape index (κ1) is 18.0. The standard InChI is InChI=1S/C18H17NO6/c1-24-18(23)14-4-2-3-5-15(14)19-16(21)11-25-17(22)10-12-6-8-13(20)9-7-12/h2-9,20H,10-11H2,1H3,(H,19,21). The van der Waals surface area contributed by atoms with Crippen molar-refractivity contribution in [2.45, 2.75) is 6.42 Å². The molecule has 7 heteroatoms. The first-order valence-electron chi connectivity index (χ1n) is 7.40. The van der Waals surface area contributed by atoms with Crippen LogP contribution in [0.3, 0.4) is 0 Å². The maximum absolute atomic E-state index is 11.9. The average Bonchev–Trinajstić information content (AvgIpc) is 2.62. The molecule has 0 radical (unpaired) electrons. The molecule has 130 valence electrons. The molecule has 0 aliphatic heterocycles. The van der Waals surface area contributed by atoms with E-state index in [0.29, 0.717) is 5.56 Å². The van der Waals surface area contributed by atoms with Crippen LogP contribution in [0.15, 0.2) is 48.5 Å². The molecule has 0 saturated heterocycles. The molecule has 0 fully saturated rings. The van der Waals surface area contributed by atoms with Crippen LogP contribution in [0.25, 0.3) is 0 Å². The largest absolute Gasteiger partial charge is 0.508 e. The fourth-order valence-electron chi connectivity index (χ4n) is 2.04. The van der Waals surface area contributed by atoms with Crippen LogP contribution >= 0.6 is 0 Å². The number of ether oxygens (including phenoxy) is 2. The average molecular weight is 343 g/mol. The zero-order valence-electron chi connectivity index (χ0n) is 13.5. The van der Waals surface area contributed by atoms with Gasteiger partial charge in [-0.05, 0) is 29.8 Å². The number of phenolic OH excluding ortho intramolecular Hbond substituents is 1. The molecule has 0 spiro atoms. The highest BCUT2D eigenvalue weighted by Gasteiger charge is 2.14. The van der Waals surface area contributed by atoms with Gasteiger partial charge in [0.15, 0.2) is 6.61 Å². The number of carbonyl (C=O) groups is 3. The van der Waals surface area contributed by atoms with Crippen molar-refractivity contribution in [2.75, 3.05) is 19.0 Å². The molecule has 0 heterocycles. The lowest BCUT2D eigenvalue weighted by atomic mass is 10.1. The molecule has 0 aromatic heterocycles. The summed E-state index contributed by atoms with van der Waals surface area (Å²) < 4.78 is 9.55. The summed E-state index contributed by atoms with van der Waals surface area (Å²) >= 11 is 0. The van der Waals surface area contributed by atoms with Gasteiger partial charge in [0.2, 0.25) is 0 Å². The zero-order chi connectivity index (χ0) is 18.2. The molecule has 7 nitrogen and oxygen atoms in total. The van der Waals surface area contributed by atoms with Crippen LogP contribution in [0.2, 0.25) is 0 Å². The first-order valence-corrected chi connectivity index (χ1v) is 7.40. The van der Waals surface area contributed by atoms with E-state index in [2.05, 4.69) is 10.1 Å². The molecule has 2 aromatic rings. The Kier molecular flexibility index (Phi) is 6.11. The maximum atomic E-state index is 11.9. The molecule has 2 rings (SSSR count). The molecule has 0 aliphatic rings. The van der Waals surface area contributed by atoms with Crippen LogP contribution in [0, 0.1) is 0 Å². The summed E-state index contributed by atoms with van der Waals surface area (Å²) in [4.78, 5) is 35.3. The number of nitrogens with one attached hydrogen (secondary N) is 1. The molecule has 0 aliphatic carbocycles. The van der Waals surface area contributed by atoms with Gasteiger partial charge in [0, 0.05) is 0 Å². The van der Waals surface area contributed by atoms with E-state index in [9.17, 15) is 19.5 Å². The Hall–Kier alpha value is -3.35. The van der Waals surface area contributed by atoms with Gasteiger partial charge in [0.05, 0.1) is 24.8 Å². The Labute approximate surface area is 144 Å². The number of carbonyl (C=O) groups excluding carboxylic acids is 3. The van der Waals surface area contributed by atoms with Gasteiger partial charge in [0.25, 0.3) is 5.91 Å². The highest BCUT2D eigenvalue weighted by atomic mass is 16.5. The van der Waals surface area contributed by atoms with Crippen molar-refractivity contribution < 1.29 is 29.0 Å². The van der Waals surface area contributed by atoms with Crippen molar-refractivity contribution in [1.29, 1.82) is 0 Å². The number of amides is 1. The molecule has 0 atom stereocenters. The number of esters is 2. The number of aromatic hydroxyl groups is 1. The number of hydrogen-bond donors (Lipinski definition) is 2. The molecular formula is C18H17NO6. The Morgan fingerprint density at radius 2 is 1.72 bits per heavy atom. The van der Waals surface area contributed by atoms with E-state index in [1.54, 1.807) is 30.3 Å². The van der Waals surface area contributed by atoms with E-state index in [4.69, 9.17) is 4.74 Å². The highest BCUT2D eigenvalue weighted by Crippen LogP contribution is 2.16.